The number of amides is 1. The van der Waals surface area contributed by atoms with Crippen LogP contribution in [0.1, 0.15) is 44.9 Å². The molecule has 1 aliphatic carbocycles. The number of hydrogen-bond acceptors (Lipinski definition) is 6. The van der Waals surface area contributed by atoms with Crippen molar-refractivity contribution in [2.75, 3.05) is 18.1 Å². The van der Waals surface area contributed by atoms with Gasteiger partial charge in [0, 0.05) is 18.1 Å². The molecule has 2 aliphatic rings. The van der Waals surface area contributed by atoms with Gasteiger partial charge in [0.2, 0.25) is 5.91 Å². The van der Waals surface area contributed by atoms with E-state index < -0.39 is 18.1 Å². The second-order valence-electron chi connectivity index (χ2n) is 6.71. The average molecular weight is 462 g/mol. The van der Waals surface area contributed by atoms with E-state index in [0.29, 0.717) is 24.8 Å². The Balaban J connectivity index is 0.000000516. The lowest BCUT2D eigenvalue weighted by atomic mass is 9.99. The summed E-state index contributed by atoms with van der Waals surface area (Å²) in [6, 6.07) is 0. The fraction of sp³-hybridized carbons (Fsp3) is 0.824. The Hall–Kier alpha value is -1.14. The molecular weight excluding hydrogens is 435 g/mol. The predicted molar refractivity (Wildman–Crippen MR) is 104 cm³/mol. The summed E-state index contributed by atoms with van der Waals surface area (Å²) < 4.78 is 37.8. The highest BCUT2D eigenvalue weighted by Crippen LogP contribution is 2.39. The minimum atomic E-state index is -5.08. The zero-order valence-corrected chi connectivity index (χ0v) is 17.4. The number of hydrogen-bond donors (Lipinski definition) is 3. The molecule has 0 unspecified atom stereocenters. The van der Waals surface area contributed by atoms with Crippen molar-refractivity contribution in [3.05, 3.63) is 0 Å². The third-order valence-electron chi connectivity index (χ3n) is 4.18. The summed E-state index contributed by atoms with van der Waals surface area (Å²) >= 11 is 0. The van der Waals surface area contributed by atoms with Crippen molar-refractivity contribution in [2.45, 2.75) is 63.3 Å². The smallest absolute Gasteiger partial charge is 0.481 e. The van der Waals surface area contributed by atoms with Crippen molar-refractivity contribution >= 4 is 39.4 Å². The fourth-order valence-corrected chi connectivity index (χ4v) is 4.54. The number of carbonyl (C=O) groups excluding carboxylic acids is 1. The number of carbonyl (C=O) groups is 3. The van der Waals surface area contributed by atoms with Gasteiger partial charge in [-0.05, 0) is 38.0 Å². The topological polar surface area (TPSA) is 113 Å². The molecule has 2 atom stereocenters. The molecule has 0 aromatic heterocycles. The second kappa shape index (κ2) is 13.2. The van der Waals surface area contributed by atoms with Crippen molar-refractivity contribution in [1.29, 1.82) is 0 Å². The zero-order valence-electron chi connectivity index (χ0n) is 15.8. The molecule has 12 heteroatoms. The largest absolute Gasteiger partial charge is 0.490 e. The number of ether oxygens (including phenoxy) is 1. The number of nitrogens with one attached hydrogen (secondary N) is 1. The van der Waals surface area contributed by atoms with Crippen LogP contribution in [0.3, 0.4) is 0 Å². The molecule has 3 N–H and O–H groups in total. The maximum Gasteiger partial charge on any atom is 0.490 e. The van der Waals surface area contributed by atoms with E-state index in [1.54, 1.807) is 10.8 Å². The molecule has 29 heavy (non-hydrogen) atoms. The molecule has 1 aliphatic heterocycles. The van der Waals surface area contributed by atoms with Crippen molar-refractivity contribution in [1.82, 2.24) is 5.32 Å². The Morgan fingerprint density at radius 1 is 1.03 bits per heavy atom. The Bertz CT molecular complexity index is 546. The summed E-state index contributed by atoms with van der Waals surface area (Å²) in [4.78, 5) is 31.1. The molecule has 1 heterocycles. The maximum atomic E-state index is 11.9. The van der Waals surface area contributed by atoms with E-state index in [9.17, 15) is 22.8 Å². The van der Waals surface area contributed by atoms with Gasteiger partial charge >= 0.3 is 18.1 Å². The molecule has 0 aromatic carbocycles. The minimum absolute atomic E-state index is 0.0672. The standard InChI is InChI=1S/C15H25NO4S2.C2HF3O2/c17-14(16-7-9-22-21-8-6-15(18)19)10-12-2-1-3-13(20-12)11-4-5-11;3-2(4,5)1(6)7/h11-13H,1-10H2,(H,16,17)(H,18,19);(H,6,7)/t12-,13+;/m0./s1. The molecule has 168 valence electrons. The van der Waals surface area contributed by atoms with Gasteiger partial charge in [-0.25, -0.2) is 4.79 Å². The van der Waals surface area contributed by atoms with Crippen LogP contribution < -0.4 is 5.32 Å². The van der Waals surface area contributed by atoms with Crippen molar-refractivity contribution in [3.8, 4) is 0 Å². The molecule has 1 saturated heterocycles. The summed E-state index contributed by atoms with van der Waals surface area (Å²) in [7, 11) is 3.14. The van der Waals surface area contributed by atoms with Gasteiger partial charge < -0.3 is 20.3 Å². The molecule has 1 amide bonds. The lowest BCUT2D eigenvalue weighted by molar-refractivity contribution is -0.192. The van der Waals surface area contributed by atoms with Crippen LogP contribution in [0.15, 0.2) is 0 Å². The van der Waals surface area contributed by atoms with Gasteiger partial charge in [-0.2, -0.15) is 13.2 Å². The second-order valence-corrected chi connectivity index (χ2v) is 9.41. The first-order valence-electron chi connectivity index (χ1n) is 9.28. The van der Waals surface area contributed by atoms with Crippen LogP contribution in [0.5, 0.6) is 0 Å². The van der Waals surface area contributed by atoms with E-state index in [4.69, 9.17) is 19.7 Å². The van der Waals surface area contributed by atoms with Gasteiger partial charge in [0.1, 0.15) is 0 Å². The SMILES string of the molecule is O=C(O)C(F)(F)F.O=C(O)CCSSCCNC(=O)C[C@@H]1CCC[C@H](C2CC2)O1. The van der Waals surface area contributed by atoms with Crippen LogP contribution >= 0.6 is 21.6 Å². The Labute approximate surface area is 174 Å². The van der Waals surface area contributed by atoms with Gasteiger partial charge in [0.15, 0.2) is 0 Å². The summed E-state index contributed by atoms with van der Waals surface area (Å²) in [5.41, 5.74) is 0. The van der Waals surface area contributed by atoms with Gasteiger partial charge in [-0.15, -0.1) is 0 Å². The summed E-state index contributed by atoms with van der Waals surface area (Å²) in [5.74, 6) is -1.30. The third kappa shape index (κ3) is 12.9. The van der Waals surface area contributed by atoms with Crippen molar-refractivity contribution in [2.24, 2.45) is 5.92 Å². The van der Waals surface area contributed by atoms with Crippen LogP contribution in [-0.4, -0.2) is 64.5 Å². The van der Waals surface area contributed by atoms with E-state index in [0.717, 1.165) is 24.5 Å². The summed E-state index contributed by atoms with van der Waals surface area (Å²) in [5, 5.41) is 18.6. The van der Waals surface area contributed by atoms with Crippen LogP contribution in [0.2, 0.25) is 0 Å². The van der Waals surface area contributed by atoms with Gasteiger partial charge in [-0.3, -0.25) is 9.59 Å². The van der Waals surface area contributed by atoms with Crippen LogP contribution in [0.25, 0.3) is 0 Å². The molecule has 2 fully saturated rings. The minimum Gasteiger partial charge on any atom is -0.481 e. The van der Waals surface area contributed by atoms with Gasteiger partial charge in [-0.1, -0.05) is 21.6 Å². The van der Waals surface area contributed by atoms with E-state index in [2.05, 4.69) is 5.32 Å². The zero-order chi connectivity index (χ0) is 21.9. The predicted octanol–water partition coefficient (Wildman–Crippen LogP) is 3.33. The van der Waals surface area contributed by atoms with Crippen LogP contribution in [0, 0.1) is 5.92 Å². The molecule has 0 bridgehead atoms. The number of rotatable bonds is 10. The van der Waals surface area contributed by atoms with Crippen molar-refractivity contribution < 1.29 is 42.5 Å². The van der Waals surface area contributed by atoms with Gasteiger partial charge in [0.05, 0.1) is 25.0 Å². The first-order valence-corrected chi connectivity index (χ1v) is 11.8. The summed E-state index contributed by atoms with van der Waals surface area (Å²) in [6.45, 7) is 0.627. The van der Waals surface area contributed by atoms with E-state index in [1.165, 1.54) is 30.1 Å². The third-order valence-corrected chi connectivity index (χ3v) is 6.58. The first kappa shape index (κ1) is 25.9. The molecule has 0 radical (unpaired) electrons. The highest BCUT2D eigenvalue weighted by atomic mass is 33.1. The molecular formula is C17H26F3NO6S2. The maximum absolute atomic E-state index is 11.9. The molecule has 2 rings (SSSR count). The number of carboxylic acids is 2. The van der Waals surface area contributed by atoms with E-state index >= 15 is 0 Å². The summed E-state index contributed by atoms with van der Waals surface area (Å²) in [6.07, 6.45) is 1.98. The van der Waals surface area contributed by atoms with Crippen LogP contribution in [0.4, 0.5) is 13.2 Å². The lowest BCUT2D eigenvalue weighted by Crippen LogP contribution is -2.35. The monoisotopic (exact) mass is 461 g/mol. The average Bonchev–Trinajstić information content (AvgIpc) is 3.45. The highest BCUT2D eigenvalue weighted by molar-refractivity contribution is 8.76. The fourth-order valence-electron chi connectivity index (χ4n) is 2.65. The number of aliphatic carboxylic acids is 2. The first-order chi connectivity index (χ1) is 13.6. The number of halogens is 3. The Morgan fingerprint density at radius 3 is 2.21 bits per heavy atom. The quantitative estimate of drug-likeness (QED) is 0.335. The number of carboxylic acid groups (broad SMARTS) is 2. The molecule has 1 saturated carbocycles. The van der Waals surface area contributed by atoms with E-state index in [1.807, 2.05) is 0 Å². The molecule has 0 spiro atoms. The Kier molecular flexibility index (Phi) is 11.8. The Morgan fingerprint density at radius 2 is 1.66 bits per heavy atom. The van der Waals surface area contributed by atoms with Gasteiger partial charge in [0.25, 0.3) is 0 Å². The highest BCUT2D eigenvalue weighted by Gasteiger charge is 2.38. The molecule has 7 nitrogen and oxygen atoms in total. The van der Waals surface area contributed by atoms with Crippen LogP contribution in [-0.2, 0) is 19.1 Å². The van der Waals surface area contributed by atoms with Crippen molar-refractivity contribution in [3.63, 3.8) is 0 Å². The normalized spacial score (nSPS) is 21.6. The lowest BCUT2D eigenvalue weighted by Gasteiger charge is -2.29. The number of alkyl halides is 3. The molecule has 0 aromatic rings. The van der Waals surface area contributed by atoms with E-state index in [-0.39, 0.29) is 18.4 Å².